The third kappa shape index (κ3) is 6.36. The number of anilines is 1. The summed E-state index contributed by atoms with van der Waals surface area (Å²) < 4.78 is 17.1. The number of halogens is 1. The molecule has 0 radical (unpaired) electrons. The van der Waals surface area contributed by atoms with Crippen LogP contribution in [0.25, 0.3) is 0 Å². The van der Waals surface area contributed by atoms with Gasteiger partial charge in [0, 0.05) is 35.3 Å². The molecule has 0 saturated heterocycles. The lowest BCUT2D eigenvalue weighted by atomic mass is 10.1. The molecular weight excluding hydrogens is 416 g/mol. The monoisotopic (exact) mass is 440 g/mol. The summed E-state index contributed by atoms with van der Waals surface area (Å²) in [6.45, 7) is 5.20. The fourth-order valence-corrected chi connectivity index (χ4v) is 3.09. The van der Waals surface area contributed by atoms with Crippen molar-refractivity contribution in [2.75, 3.05) is 18.5 Å². The Balaban J connectivity index is 1.72. The van der Waals surface area contributed by atoms with Crippen molar-refractivity contribution in [2.45, 2.75) is 26.9 Å². The molecule has 1 aromatic heterocycles. The van der Waals surface area contributed by atoms with Crippen molar-refractivity contribution in [1.82, 2.24) is 4.98 Å². The first-order chi connectivity index (χ1) is 15.1. The van der Waals surface area contributed by atoms with E-state index < -0.39 is 0 Å². The number of amides is 1. The van der Waals surface area contributed by atoms with Crippen LogP contribution in [0.4, 0.5) is 5.69 Å². The Morgan fingerprint density at radius 3 is 2.68 bits per heavy atom. The topological polar surface area (TPSA) is 69.7 Å². The van der Waals surface area contributed by atoms with Gasteiger partial charge in [-0.3, -0.25) is 9.78 Å². The molecule has 1 N–H and O–H groups in total. The number of pyridine rings is 1. The van der Waals surface area contributed by atoms with E-state index in [-0.39, 0.29) is 5.91 Å². The molecule has 162 valence electrons. The summed E-state index contributed by atoms with van der Waals surface area (Å²) in [5, 5.41) is 3.20. The van der Waals surface area contributed by atoms with Crippen LogP contribution in [0, 0.1) is 0 Å². The van der Waals surface area contributed by atoms with Gasteiger partial charge >= 0.3 is 0 Å². The molecule has 3 rings (SSSR count). The number of carbonyl (C=O) groups is 1. The van der Waals surface area contributed by atoms with Gasteiger partial charge in [-0.25, -0.2) is 0 Å². The van der Waals surface area contributed by atoms with E-state index in [1.807, 2.05) is 38.1 Å². The largest absolute Gasteiger partial charge is 0.490 e. The number of nitrogens with one attached hydrogen (secondary N) is 1. The van der Waals surface area contributed by atoms with E-state index in [1.54, 1.807) is 36.7 Å². The molecule has 0 bridgehead atoms. The lowest BCUT2D eigenvalue weighted by Crippen LogP contribution is -2.13. The molecule has 0 fully saturated rings. The van der Waals surface area contributed by atoms with Crippen molar-refractivity contribution < 1.29 is 19.0 Å². The minimum Gasteiger partial charge on any atom is -0.490 e. The summed E-state index contributed by atoms with van der Waals surface area (Å²) in [4.78, 5) is 16.9. The highest BCUT2D eigenvalue weighted by Gasteiger charge is 2.16. The SMILES string of the molecule is CCCOc1c(Cl)cc(C(=O)Nc2cccc(OCc3cccnc3)c2)cc1OCC. The van der Waals surface area contributed by atoms with Gasteiger partial charge in [0.05, 0.1) is 18.2 Å². The Labute approximate surface area is 187 Å². The molecule has 6 nitrogen and oxygen atoms in total. The summed E-state index contributed by atoms with van der Waals surface area (Å²) in [6, 6.07) is 14.2. The van der Waals surface area contributed by atoms with Gasteiger partial charge in [0.2, 0.25) is 0 Å². The predicted molar refractivity (Wildman–Crippen MR) is 121 cm³/mol. The molecule has 0 atom stereocenters. The molecule has 0 aliphatic carbocycles. The van der Waals surface area contributed by atoms with Gasteiger partial charge in [-0.2, -0.15) is 0 Å². The summed E-state index contributed by atoms with van der Waals surface area (Å²) in [5.41, 5.74) is 1.94. The number of aromatic nitrogens is 1. The quantitative estimate of drug-likeness (QED) is 0.434. The molecule has 2 aromatic carbocycles. The van der Waals surface area contributed by atoms with E-state index in [2.05, 4.69) is 10.3 Å². The van der Waals surface area contributed by atoms with Crippen molar-refractivity contribution in [3.05, 3.63) is 77.1 Å². The molecule has 0 aliphatic heterocycles. The summed E-state index contributed by atoms with van der Waals surface area (Å²) in [7, 11) is 0. The van der Waals surface area contributed by atoms with Crippen molar-refractivity contribution in [2.24, 2.45) is 0 Å². The van der Waals surface area contributed by atoms with Crippen LogP contribution >= 0.6 is 11.6 Å². The Kier molecular flexibility index (Phi) is 8.12. The fourth-order valence-electron chi connectivity index (χ4n) is 2.82. The van der Waals surface area contributed by atoms with Crippen molar-refractivity contribution in [3.8, 4) is 17.2 Å². The fraction of sp³-hybridized carbons (Fsp3) is 0.250. The van der Waals surface area contributed by atoms with E-state index in [4.69, 9.17) is 25.8 Å². The maximum atomic E-state index is 12.8. The molecular formula is C24H25ClN2O4. The minimum absolute atomic E-state index is 0.311. The molecule has 1 amide bonds. The van der Waals surface area contributed by atoms with Crippen LogP contribution in [0.5, 0.6) is 17.2 Å². The highest BCUT2D eigenvalue weighted by Crippen LogP contribution is 2.37. The highest BCUT2D eigenvalue weighted by atomic mass is 35.5. The standard InChI is InChI=1S/C24H25ClN2O4/c1-3-11-30-23-21(25)12-18(13-22(23)29-4-2)24(28)27-19-8-5-9-20(14-19)31-16-17-7-6-10-26-15-17/h5-10,12-15H,3-4,11,16H2,1-2H3,(H,27,28). The van der Waals surface area contributed by atoms with Gasteiger partial charge in [0.15, 0.2) is 11.5 Å². The minimum atomic E-state index is -0.311. The van der Waals surface area contributed by atoms with Crippen LogP contribution in [-0.2, 0) is 6.61 Å². The normalized spacial score (nSPS) is 10.4. The number of hydrogen-bond acceptors (Lipinski definition) is 5. The summed E-state index contributed by atoms with van der Waals surface area (Å²) >= 11 is 6.37. The average molecular weight is 441 g/mol. The average Bonchev–Trinajstić information content (AvgIpc) is 2.78. The third-order valence-electron chi connectivity index (χ3n) is 4.24. The number of hydrogen-bond donors (Lipinski definition) is 1. The summed E-state index contributed by atoms with van der Waals surface area (Å²) in [5.74, 6) is 1.22. The Morgan fingerprint density at radius 2 is 1.94 bits per heavy atom. The second kappa shape index (κ2) is 11.2. The lowest BCUT2D eigenvalue weighted by Gasteiger charge is -2.15. The van der Waals surface area contributed by atoms with Crippen LogP contribution in [0.1, 0.15) is 36.2 Å². The van der Waals surface area contributed by atoms with E-state index in [1.165, 1.54) is 0 Å². The molecule has 0 saturated carbocycles. The van der Waals surface area contributed by atoms with Gasteiger partial charge < -0.3 is 19.5 Å². The highest BCUT2D eigenvalue weighted by molar-refractivity contribution is 6.32. The third-order valence-corrected chi connectivity index (χ3v) is 4.52. The molecule has 0 unspecified atom stereocenters. The Bertz CT molecular complexity index is 1010. The van der Waals surface area contributed by atoms with Crippen molar-refractivity contribution >= 4 is 23.2 Å². The van der Waals surface area contributed by atoms with Crippen LogP contribution in [0.3, 0.4) is 0 Å². The van der Waals surface area contributed by atoms with Crippen LogP contribution in [0.2, 0.25) is 5.02 Å². The van der Waals surface area contributed by atoms with Gasteiger partial charge in [-0.15, -0.1) is 0 Å². The number of nitrogens with zero attached hydrogens (tertiary/aromatic N) is 1. The lowest BCUT2D eigenvalue weighted by molar-refractivity contribution is 0.102. The molecule has 7 heteroatoms. The zero-order valence-electron chi connectivity index (χ0n) is 17.6. The summed E-state index contributed by atoms with van der Waals surface area (Å²) in [6.07, 6.45) is 4.30. The van der Waals surface area contributed by atoms with E-state index >= 15 is 0 Å². The first-order valence-electron chi connectivity index (χ1n) is 10.1. The van der Waals surface area contributed by atoms with E-state index in [0.717, 1.165) is 12.0 Å². The van der Waals surface area contributed by atoms with Gasteiger partial charge in [0.25, 0.3) is 5.91 Å². The van der Waals surface area contributed by atoms with E-state index in [9.17, 15) is 4.79 Å². The van der Waals surface area contributed by atoms with Crippen molar-refractivity contribution in [3.63, 3.8) is 0 Å². The molecule has 0 aliphatic rings. The van der Waals surface area contributed by atoms with Crippen LogP contribution in [0.15, 0.2) is 60.9 Å². The van der Waals surface area contributed by atoms with Gasteiger partial charge in [-0.05, 0) is 43.7 Å². The predicted octanol–water partition coefficient (Wildman–Crippen LogP) is 5.75. The number of rotatable bonds is 10. The van der Waals surface area contributed by atoms with Gasteiger partial charge in [-0.1, -0.05) is 30.7 Å². The second-order valence-electron chi connectivity index (χ2n) is 6.70. The molecule has 31 heavy (non-hydrogen) atoms. The zero-order valence-corrected chi connectivity index (χ0v) is 18.3. The second-order valence-corrected chi connectivity index (χ2v) is 7.11. The van der Waals surface area contributed by atoms with Crippen LogP contribution in [-0.4, -0.2) is 24.1 Å². The first-order valence-corrected chi connectivity index (χ1v) is 10.5. The molecule has 3 aromatic rings. The number of carbonyl (C=O) groups excluding carboxylic acids is 1. The smallest absolute Gasteiger partial charge is 0.255 e. The maximum absolute atomic E-state index is 12.8. The number of ether oxygens (including phenoxy) is 3. The first kappa shape index (κ1) is 22.4. The van der Waals surface area contributed by atoms with Gasteiger partial charge in [0.1, 0.15) is 12.4 Å². The Hall–Kier alpha value is -3.25. The Morgan fingerprint density at radius 1 is 1.06 bits per heavy atom. The molecule has 0 spiro atoms. The molecule has 1 heterocycles. The number of benzene rings is 2. The van der Waals surface area contributed by atoms with E-state index in [0.29, 0.717) is 53.3 Å². The van der Waals surface area contributed by atoms with Crippen LogP contribution < -0.4 is 19.5 Å². The van der Waals surface area contributed by atoms with Crippen molar-refractivity contribution in [1.29, 1.82) is 0 Å². The zero-order chi connectivity index (χ0) is 22.1. The maximum Gasteiger partial charge on any atom is 0.255 e.